The number of amides is 1. The Balaban J connectivity index is 1.61. The van der Waals surface area contributed by atoms with Gasteiger partial charge in [-0.25, -0.2) is 9.98 Å². The average Bonchev–Trinajstić information content (AvgIpc) is 3.05. The number of aliphatic imine (C=N–C) groups is 1. The van der Waals surface area contributed by atoms with Crippen molar-refractivity contribution in [1.29, 1.82) is 0 Å². The molecule has 7 heteroatoms. The SMILES string of the molecule is CCCC(=O)Nc1cc(N2CN=C(Nc3ccccc3)N2)ccn1. The number of guanidine groups is 1. The minimum atomic E-state index is -0.0285. The summed E-state index contributed by atoms with van der Waals surface area (Å²) in [4.78, 5) is 20.3. The lowest BCUT2D eigenvalue weighted by Crippen LogP contribution is -2.39. The van der Waals surface area contributed by atoms with Gasteiger partial charge in [0.1, 0.15) is 12.5 Å². The Labute approximate surface area is 140 Å². The van der Waals surface area contributed by atoms with Crippen LogP contribution in [0.2, 0.25) is 0 Å². The Morgan fingerprint density at radius 3 is 2.92 bits per heavy atom. The van der Waals surface area contributed by atoms with E-state index < -0.39 is 0 Å². The summed E-state index contributed by atoms with van der Waals surface area (Å²) in [6, 6.07) is 13.5. The quantitative estimate of drug-likeness (QED) is 0.787. The Morgan fingerprint density at radius 1 is 1.29 bits per heavy atom. The second-order valence-corrected chi connectivity index (χ2v) is 5.38. The Hall–Kier alpha value is -3.09. The van der Waals surface area contributed by atoms with Gasteiger partial charge in [-0.3, -0.25) is 15.2 Å². The fraction of sp³-hybridized carbons (Fsp3) is 0.235. The molecule has 2 aromatic rings. The van der Waals surface area contributed by atoms with E-state index in [1.165, 1.54) is 0 Å². The molecule has 0 unspecified atom stereocenters. The molecule has 7 nitrogen and oxygen atoms in total. The summed E-state index contributed by atoms with van der Waals surface area (Å²) in [5.74, 6) is 1.19. The van der Waals surface area contributed by atoms with E-state index >= 15 is 0 Å². The van der Waals surface area contributed by atoms with Gasteiger partial charge in [0.2, 0.25) is 11.9 Å². The summed E-state index contributed by atoms with van der Waals surface area (Å²) in [7, 11) is 0. The summed E-state index contributed by atoms with van der Waals surface area (Å²) in [5.41, 5.74) is 5.04. The van der Waals surface area contributed by atoms with Gasteiger partial charge in [0.25, 0.3) is 0 Å². The van der Waals surface area contributed by atoms with Crippen LogP contribution in [-0.4, -0.2) is 23.5 Å². The third-order valence-electron chi connectivity index (χ3n) is 3.45. The maximum Gasteiger partial charge on any atom is 0.225 e. The molecule has 1 aliphatic heterocycles. The second kappa shape index (κ2) is 7.45. The fourth-order valence-electron chi connectivity index (χ4n) is 2.30. The topological polar surface area (TPSA) is 81.7 Å². The zero-order valence-corrected chi connectivity index (χ0v) is 13.5. The lowest BCUT2D eigenvalue weighted by Gasteiger charge is -2.19. The first kappa shape index (κ1) is 15.8. The van der Waals surface area contributed by atoms with Gasteiger partial charge in [0.05, 0.1) is 5.69 Å². The van der Waals surface area contributed by atoms with E-state index in [0.717, 1.165) is 17.8 Å². The van der Waals surface area contributed by atoms with Crippen LogP contribution in [0.1, 0.15) is 19.8 Å². The van der Waals surface area contributed by atoms with Crippen molar-refractivity contribution in [2.45, 2.75) is 19.8 Å². The number of nitrogens with one attached hydrogen (secondary N) is 3. The zero-order chi connectivity index (χ0) is 16.8. The number of carbonyl (C=O) groups excluding carboxylic acids is 1. The number of para-hydroxylation sites is 1. The first-order valence-corrected chi connectivity index (χ1v) is 7.91. The molecule has 0 aliphatic carbocycles. The summed E-state index contributed by atoms with van der Waals surface area (Å²) in [6.45, 7) is 2.44. The summed E-state index contributed by atoms with van der Waals surface area (Å²) in [6.07, 6.45) is 2.96. The number of pyridine rings is 1. The predicted molar refractivity (Wildman–Crippen MR) is 95.8 cm³/mol. The molecule has 1 aliphatic rings. The molecule has 2 heterocycles. The van der Waals surface area contributed by atoms with Crippen LogP contribution in [-0.2, 0) is 4.79 Å². The van der Waals surface area contributed by atoms with Crippen molar-refractivity contribution in [3.05, 3.63) is 48.7 Å². The number of aromatic nitrogens is 1. The van der Waals surface area contributed by atoms with Gasteiger partial charge in [-0.1, -0.05) is 25.1 Å². The number of hydrogen-bond donors (Lipinski definition) is 3. The van der Waals surface area contributed by atoms with Crippen LogP contribution in [0.4, 0.5) is 17.2 Å². The summed E-state index contributed by atoms with van der Waals surface area (Å²) < 4.78 is 0. The lowest BCUT2D eigenvalue weighted by atomic mass is 10.3. The van der Waals surface area contributed by atoms with E-state index in [2.05, 4.69) is 26.0 Å². The largest absolute Gasteiger partial charge is 0.325 e. The van der Waals surface area contributed by atoms with Crippen molar-refractivity contribution in [3.8, 4) is 0 Å². The van der Waals surface area contributed by atoms with E-state index in [1.54, 1.807) is 6.20 Å². The molecule has 0 atom stereocenters. The number of rotatable bonds is 5. The van der Waals surface area contributed by atoms with Gasteiger partial charge in [-0.15, -0.1) is 0 Å². The van der Waals surface area contributed by atoms with Gasteiger partial charge in [-0.2, -0.15) is 0 Å². The van der Waals surface area contributed by atoms with Crippen molar-refractivity contribution < 1.29 is 4.79 Å². The van der Waals surface area contributed by atoms with Gasteiger partial charge in [0.15, 0.2) is 0 Å². The van der Waals surface area contributed by atoms with Crippen molar-refractivity contribution in [1.82, 2.24) is 10.4 Å². The van der Waals surface area contributed by atoms with E-state index in [9.17, 15) is 4.79 Å². The zero-order valence-electron chi connectivity index (χ0n) is 13.5. The van der Waals surface area contributed by atoms with E-state index in [4.69, 9.17) is 0 Å². The van der Waals surface area contributed by atoms with Crippen molar-refractivity contribution in [2.24, 2.45) is 4.99 Å². The van der Waals surface area contributed by atoms with Crippen LogP contribution in [0.15, 0.2) is 53.7 Å². The molecule has 1 aromatic carbocycles. The molecule has 0 saturated heterocycles. The third kappa shape index (κ3) is 4.01. The highest BCUT2D eigenvalue weighted by Gasteiger charge is 2.16. The van der Waals surface area contributed by atoms with Crippen LogP contribution < -0.4 is 21.1 Å². The standard InChI is InChI=1S/C17H20N6O/c1-2-6-16(24)21-15-11-14(9-10-18-15)23-12-19-17(22-23)20-13-7-4-3-5-8-13/h3-5,7-11H,2,6,12H2,1H3,(H,18,21,24)(H2,19,20,22). The molecule has 0 saturated carbocycles. The minimum absolute atomic E-state index is 0.0285. The Kier molecular flexibility index (Phi) is 4.90. The second-order valence-electron chi connectivity index (χ2n) is 5.38. The fourth-order valence-corrected chi connectivity index (χ4v) is 2.30. The number of hydrogen-bond acceptors (Lipinski definition) is 6. The van der Waals surface area contributed by atoms with E-state index in [-0.39, 0.29) is 5.91 Å². The van der Waals surface area contributed by atoms with Gasteiger partial charge in [-0.05, 0) is 24.6 Å². The molecule has 124 valence electrons. The van der Waals surface area contributed by atoms with Gasteiger partial charge < -0.3 is 10.6 Å². The van der Waals surface area contributed by atoms with Gasteiger partial charge in [0, 0.05) is 24.4 Å². The van der Waals surface area contributed by atoms with Crippen LogP contribution >= 0.6 is 0 Å². The van der Waals surface area contributed by atoms with Crippen LogP contribution in [0, 0.1) is 0 Å². The highest BCUT2D eigenvalue weighted by molar-refractivity contribution is 5.96. The van der Waals surface area contributed by atoms with Crippen molar-refractivity contribution in [2.75, 3.05) is 22.3 Å². The highest BCUT2D eigenvalue weighted by Crippen LogP contribution is 2.18. The normalized spacial score (nSPS) is 13.2. The summed E-state index contributed by atoms with van der Waals surface area (Å²) >= 11 is 0. The third-order valence-corrected chi connectivity index (χ3v) is 3.45. The number of carbonyl (C=O) groups is 1. The molecule has 3 N–H and O–H groups in total. The minimum Gasteiger partial charge on any atom is -0.325 e. The van der Waals surface area contributed by atoms with Crippen LogP contribution in [0.25, 0.3) is 0 Å². The maximum atomic E-state index is 11.7. The molecule has 3 rings (SSSR count). The molecule has 0 radical (unpaired) electrons. The molecular weight excluding hydrogens is 304 g/mol. The highest BCUT2D eigenvalue weighted by atomic mass is 16.1. The number of nitrogens with zero attached hydrogens (tertiary/aromatic N) is 3. The Morgan fingerprint density at radius 2 is 2.12 bits per heavy atom. The molecule has 0 spiro atoms. The lowest BCUT2D eigenvalue weighted by molar-refractivity contribution is -0.116. The summed E-state index contributed by atoms with van der Waals surface area (Å²) in [5, 5.41) is 7.89. The number of hydrazine groups is 1. The molecular formula is C17H20N6O. The van der Waals surface area contributed by atoms with Crippen molar-refractivity contribution >= 4 is 29.1 Å². The Bertz CT molecular complexity index is 731. The molecule has 0 bridgehead atoms. The predicted octanol–water partition coefficient (Wildman–Crippen LogP) is 2.57. The maximum absolute atomic E-state index is 11.7. The molecule has 0 fully saturated rings. The molecule has 24 heavy (non-hydrogen) atoms. The molecule has 1 aromatic heterocycles. The number of benzene rings is 1. The first-order chi connectivity index (χ1) is 11.7. The van der Waals surface area contributed by atoms with Crippen LogP contribution in [0.3, 0.4) is 0 Å². The van der Waals surface area contributed by atoms with Crippen LogP contribution in [0.5, 0.6) is 0 Å². The van der Waals surface area contributed by atoms with E-state index in [0.29, 0.717) is 24.9 Å². The van der Waals surface area contributed by atoms with Gasteiger partial charge >= 0.3 is 0 Å². The number of anilines is 3. The smallest absolute Gasteiger partial charge is 0.225 e. The average molecular weight is 324 g/mol. The first-order valence-electron chi connectivity index (χ1n) is 7.91. The molecule has 1 amide bonds. The van der Waals surface area contributed by atoms with Crippen molar-refractivity contribution in [3.63, 3.8) is 0 Å². The van der Waals surface area contributed by atoms with E-state index in [1.807, 2.05) is 54.4 Å². The monoisotopic (exact) mass is 324 g/mol.